The summed E-state index contributed by atoms with van der Waals surface area (Å²) >= 11 is 0. The number of aromatic hydroxyl groups is 1. The van der Waals surface area contributed by atoms with Crippen LogP contribution in [0.15, 0.2) is 89.5 Å². The summed E-state index contributed by atoms with van der Waals surface area (Å²) in [6.45, 7) is 4.64. The van der Waals surface area contributed by atoms with Crippen molar-refractivity contribution in [3.8, 4) is 22.8 Å². The molecule has 2 N–H and O–H groups in total. The van der Waals surface area contributed by atoms with Crippen molar-refractivity contribution in [2.45, 2.75) is 33.0 Å². The van der Waals surface area contributed by atoms with Crippen molar-refractivity contribution in [1.82, 2.24) is 15.1 Å². The van der Waals surface area contributed by atoms with Crippen molar-refractivity contribution in [3.05, 3.63) is 124 Å². The number of aryl methyl sites for hydroxylation is 2. The highest BCUT2D eigenvalue weighted by Crippen LogP contribution is 2.46. The van der Waals surface area contributed by atoms with Crippen LogP contribution in [-0.2, 0) is 13.2 Å². The molecule has 1 amide bonds. The number of ether oxygens (including phenoxy) is 1. The number of hydrogen-bond donors (Lipinski definition) is 2. The standard InChI is InChI=1S/C31H27N3O4/c1-19-15-20(2)26(25(35)16-19)28-27-29(33-32-28)31(36)34(17-24-9-6-14-37-24)30(27)22-10-12-23(13-11-22)38-18-21-7-4-3-5-8-21/h3-16,30,35H,17-18H2,1-2H3,(H,32,33). The van der Waals surface area contributed by atoms with Crippen LogP contribution < -0.4 is 4.74 Å². The number of aromatic nitrogens is 2. The van der Waals surface area contributed by atoms with Crippen LogP contribution in [0.1, 0.15) is 50.1 Å². The topological polar surface area (TPSA) is 91.6 Å². The largest absolute Gasteiger partial charge is 0.507 e. The summed E-state index contributed by atoms with van der Waals surface area (Å²) in [6.07, 6.45) is 1.60. The average molecular weight is 506 g/mol. The molecule has 6 rings (SSSR count). The summed E-state index contributed by atoms with van der Waals surface area (Å²) in [6, 6.07) is 24.7. The molecule has 1 atom stereocenters. The maximum Gasteiger partial charge on any atom is 0.273 e. The number of benzene rings is 3. The maximum atomic E-state index is 13.6. The van der Waals surface area contributed by atoms with E-state index in [0.29, 0.717) is 35.9 Å². The van der Waals surface area contributed by atoms with Gasteiger partial charge in [-0.25, -0.2) is 0 Å². The first-order valence-electron chi connectivity index (χ1n) is 12.5. The monoisotopic (exact) mass is 505 g/mol. The highest BCUT2D eigenvalue weighted by Gasteiger charge is 2.43. The van der Waals surface area contributed by atoms with Gasteiger partial charge >= 0.3 is 0 Å². The highest BCUT2D eigenvalue weighted by molar-refractivity contribution is 6.00. The molecule has 2 aromatic heterocycles. The minimum atomic E-state index is -0.431. The zero-order chi connectivity index (χ0) is 26.2. The van der Waals surface area contributed by atoms with Gasteiger partial charge in [-0.3, -0.25) is 9.89 Å². The summed E-state index contributed by atoms with van der Waals surface area (Å²) in [5.41, 5.74) is 6.17. The van der Waals surface area contributed by atoms with E-state index in [4.69, 9.17) is 9.15 Å². The fourth-order valence-corrected chi connectivity index (χ4v) is 5.21. The van der Waals surface area contributed by atoms with Gasteiger partial charge in [0, 0.05) is 11.1 Å². The molecule has 1 aliphatic heterocycles. The molecule has 0 saturated heterocycles. The molecular formula is C31H27N3O4. The lowest BCUT2D eigenvalue weighted by molar-refractivity contribution is 0.0717. The van der Waals surface area contributed by atoms with Crippen LogP contribution in [0.25, 0.3) is 11.3 Å². The molecule has 7 nitrogen and oxygen atoms in total. The fourth-order valence-electron chi connectivity index (χ4n) is 5.21. The number of furan rings is 1. The number of amides is 1. The fraction of sp³-hybridized carbons (Fsp3) is 0.161. The van der Waals surface area contributed by atoms with Crippen LogP contribution in [0.4, 0.5) is 0 Å². The Bertz CT molecular complexity index is 1570. The third-order valence-corrected chi connectivity index (χ3v) is 6.91. The number of carbonyl (C=O) groups is 1. The summed E-state index contributed by atoms with van der Waals surface area (Å²) in [5, 5.41) is 18.3. The third kappa shape index (κ3) is 4.22. The molecule has 1 aliphatic rings. The molecule has 0 radical (unpaired) electrons. The van der Waals surface area contributed by atoms with Gasteiger partial charge in [0.1, 0.15) is 35.3 Å². The third-order valence-electron chi connectivity index (χ3n) is 6.91. The Morgan fingerprint density at radius 3 is 2.53 bits per heavy atom. The van der Waals surface area contributed by atoms with Gasteiger partial charge in [-0.15, -0.1) is 0 Å². The van der Waals surface area contributed by atoms with E-state index >= 15 is 0 Å². The summed E-state index contributed by atoms with van der Waals surface area (Å²) in [5.74, 6) is 1.38. The zero-order valence-electron chi connectivity index (χ0n) is 21.1. The predicted octanol–water partition coefficient (Wildman–Crippen LogP) is 6.32. The van der Waals surface area contributed by atoms with Crippen LogP contribution >= 0.6 is 0 Å². The number of rotatable bonds is 7. The molecule has 3 heterocycles. The number of nitrogens with zero attached hydrogens (tertiary/aromatic N) is 2. The summed E-state index contributed by atoms with van der Waals surface area (Å²) in [7, 11) is 0. The summed E-state index contributed by atoms with van der Waals surface area (Å²) in [4.78, 5) is 15.4. The second-order valence-corrected chi connectivity index (χ2v) is 9.60. The molecule has 7 heteroatoms. The van der Waals surface area contributed by atoms with Gasteiger partial charge < -0.3 is 19.2 Å². The van der Waals surface area contributed by atoms with Crippen LogP contribution in [0.5, 0.6) is 11.5 Å². The molecule has 5 aromatic rings. The normalized spacial score (nSPS) is 14.6. The Morgan fingerprint density at radius 1 is 1.03 bits per heavy atom. The Hall–Kier alpha value is -4.78. The number of hydrogen-bond acceptors (Lipinski definition) is 5. The van der Waals surface area contributed by atoms with E-state index in [-0.39, 0.29) is 11.7 Å². The van der Waals surface area contributed by atoms with E-state index in [1.165, 1.54) is 0 Å². The lowest BCUT2D eigenvalue weighted by atomic mass is 9.93. The molecule has 0 spiro atoms. The summed E-state index contributed by atoms with van der Waals surface area (Å²) < 4.78 is 11.6. The second kappa shape index (κ2) is 9.59. The lowest BCUT2D eigenvalue weighted by Gasteiger charge is -2.26. The van der Waals surface area contributed by atoms with E-state index in [9.17, 15) is 9.90 Å². The van der Waals surface area contributed by atoms with Gasteiger partial charge in [0.15, 0.2) is 0 Å². The first kappa shape index (κ1) is 23.6. The Morgan fingerprint density at radius 2 is 1.82 bits per heavy atom. The number of phenols is 1. The quantitative estimate of drug-likeness (QED) is 0.270. The highest BCUT2D eigenvalue weighted by atomic mass is 16.5. The minimum absolute atomic E-state index is 0.136. The van der Waals surface area contributed by atoms with E-state index in [0.717, 1.165) is 33.6 Å². The molecule has 0 saturated carbocycles. The van der Waals surface area contributed by atoms with Crippen molar-refractivity contribution < 1.29 is 19.1 Å². The second-order valence-electron chi connectivity index (χ2n) is 9.60. The number of H-pyrrole nitrogens is 1. The lowest BCUT2D eigenvalue weighted by Crippen LogP contribution is -2.29. The average Bonchev–Trinajstić information content (AvgIpc) is 3.63. The Labute approximate surface area is 220 Å². The number of nitrogens with one attached hydrogen (secondary N) is 1. The van der Waals surface area contributed by atoms with E-state index < -0.39 is 6.04 Å². The SMILES string of the molecule is Cc1cc(C)c(-c2n[nH]c3c2C(c2ccc(OCc4ccccc4)cc2)N(Cc2ccco2)C3=O)c(O)c1. The van der Waals surface area contributed by atoms with Crippen molar-refractivity contribution in [3.63, 3.8) is 0 Å². The van der Waals surface area contributed by atoms with Crippen molar-refractivity contribution in [1.29, 1.82) is 0 Å². The zero-order valence-corrected chi connectivity index (χ0v) is 21.1. The molecule has 0 bridgehead atoms. The van der Waals surface area contributed by atoms with Crippen LogP contribution in [0.3, 0.4) is 0 Å². The van der Waals surface area contributed by atoms with Crippen molar-refractivity contribution in [2.75, 3.05) is 0 Å². The number of carbonyl (C=O) groups excluding carboxylic acids is 1. The Kier molecular flexibility index (Phi) is 5.96. The first-order chi connectivity index (χ1) is 18.5. The van der Waals surface area contributed by atoms with E-state index in [1.54, 1.807) is 17.2 Å². The van der Waals surface area contributed by atoms with Gasteiger partial charge in [0.2, 0.25) is 0 Å². The molecule has 190 valence electrons. The smallest absolute Gasteiger partial charge is 0.273 e. The van der Waals surface area contributed by atoms with Crippen molar-refractivity contribution in [2.24, 2.45) is 0 Å². The van der Waals surface area contributed by atoms with Gasteiger partial charge in [-0.2, -0.15) is 5.10 Å². The minimum Gasteiger partial charge on any atom is -0.507 e. The van der Waals surface area contributed by atoms with Crippen LogP contribution in [0.2, 0.25) is 0 Å². The van der Waals surface area contributed by atoms with Gasteiger partial charge in [0.05, 0.1) is 18.8 Å². The maximum absolute atomic E-state index is 13.6. The predicted molar refractivity (Wildman–Crippen MR) is 143 cm³/mol. The molecule has 0 fully saturated rings. The number of fused-ring (bicyclic) bond motifs is 1. The van der Waals surface area contributed by atoms with Gasteiger partial charge in [0.25, 0.3) is 5.91 Å². The van der Waals surface area contributed by atoms with Gasteiger partial charge in [-0.1, -0.05) is 48.5 Å². The molecule has 38 heavy (non-hydrogen) atoms. The molecule has 0 aliphatic carbocycles. The molecular weight excluding hydrogens is 478 g/mol. The number of aromatic amines is 1. The van der Waals surface area contributed by atoms with E-state index in [2.05, 4.69) is 10.2 Å². The Balaban J connectivity index is 1.39. The van der Waals surface area contributed by atoms with Crippen LogP contribution in [-0.4, -0.2) is 26.1 Å². The van der Waals surface area contributed by atoms with Gasteiger partial charge in [-0.05, 0) is 66.4 Å². The first-order valence-corrected chi connectivity index (χ1v) is 12.5. The molecule has 3 aromatic carbocycles. The molecule has 1 unspecified atom stereocenters. The van der Waals surface area contributed by atoms with E-state index in [1.807, 2.05) is 86.6 Å². The van der Waals surface area contributed by atoms with Crippen LogP contribution in [0, 0.1) is 13.8 Å². The van der Waals surface area contributed by atoms with Crippen molar-refractivity contribution >= 4 is 5.91 Å². The number of phenolic OH excluding ortho intramolecular Hbond substituents is 1.